The maximum absolute atomic E-state index is 13.4. The molecule has 15 heavy (non-hydrogen) atoms. The van der Waals surface area contributed by atoms with Crippen molar-refractivity contribution in [1.29, 1.82) is 0 Å². The Morgan fingerprint density at radius 1 is 1.40 bits per heavy atom. The molecule has 0 saturated carbocycles. The highest BCUT2D eigenvalue weighted by Crippen LogP contribution is 2.41. The predicted molar refractivity (Wildman–Crippen MR) is 50.3 cm³/mol. The number of ether oxygens (including phenoxy) is 1. The molecule has 3 nitrogen and oxygen atoms in total. The minimum Gasteiger partial charge on any atom is -0.504 e. The molecule has 0 amide bonds. The number of benzene rings is 1. The number of hydrogen-bond acceptors (Lipinski definition) is 3. The van der Waals surface area contributed by atoms with Crippen molar-refractivity contribution in [3.63, 3.8) is 0 Å². The van der Waals surface area contributed by atoms with E-state index >= 15 is 0 Å². The van der Waals surface area contributed by atoms with Gasteiger partial charge in [-0.2, -0.15) is 0 Å². The van der Waals surface area contributed by atoms with Crippen LogP contribution in [0.15, 0.2) is 18.2 Å². The molecular formula is C10H12F2O3. The molecule has 0 aliphatic heterocycles. The van der Waals surface area contributed by atoms with Gasteiger partial charge in [-0.3, -0.25) is 0 Å². The van der Waals surface area contributed by atoms with Crippen molar-refractivity contribution in [1.82, 2.24) is 0 Å². The summed E-state index contributed by atoms with van der Waals surface area (Å²) in [6, 6.07) is 3.85. The van der Waals surface area contributed by atoms with Gasteiger partial charge in [0.15, 0.2) is 11.5 Å². The topological polar surface area (TPSA) is 49.7 Å². The first-order valence-corrected chi connectivity index (χ1v) is 4.38. The minimum atomic E-state index is -3.26. The Labute approximate surface area is 85.9 Å². The van der Waals surface area contributed by atoms with Crippen LogP contribution in [0.1, 0.15) is 12.0 Å². The molecule has 0 atom stereocenters. The first kappa shape index (κ1) is 11.7. The third kappa shape index (κ3) is 2.36. The second-order valence-corrected chi connectivity index (χ2v) is 3.03. The molecular weight excluding hydrogens is 206 g/mol. The van der Waals surface area contributed by atoms with Crippen LogP contribution in [0.25, 0.3) is 0 Å². The van der Waals surface area contributed by atoms with Gasteiger partial charge in [-0.1, -0.05) is 6.07 Å². The fourth-order valence-corrected chi connectivity index (χ4v) is 1.26. The Bertz CT molecular complexity index is 339. The Balaban J connectivity index is 3.14. The SMILES string of the molecule is COc1cccc(C(F)(F)CCO)c1O. The van der Waals surface area contributed by atoms with Crippen LogP contribution in [-0.2, 0) is 5.92 Å². The second-order valence-electron chi connectivity index (χ2n) is 3.03. The minimum absolute atomic E-state index is 0.00915. The third-order valence-corrected chi connectivity index (χ3v) is 2.04. The lowest BCUT2D eigenvalue weighted by Crippen LogP contribution is -2.15. The van der Waals surface area contributed by atoms with Crippen molar-refractivity contribution < 1.29 is 23.7 Å². The van der Waals surface area contributed by atoms with E-state index < -0.39 is 30.3 Å². The summed E-state index contributed by atoms with van der Waals surface area (Å²) in [5.74, 6) is -3.85. The smallest absolute Gasteiger partial charge is 0.279 e. The Morgan fingerprint density at radius 2 is 2.07 bits per heavy atom. The number of aliphatic hydroxyl groups is 1. The first-order valence-electron chi connectivity index (χ1n) is 4.38. The van der Waals surface area contributed by atoms with E-state index in [-0.39, 0.29) is 5.75 Å². The number of para-hydroxylation sites is 1. The summed E-state index contributed by atoms with van der Waals surface area (Å²) in [4.78, 5) is 0. The molecule has 0 spiro atoms. The van der Waals surface area contributed by atoms with E-state index in [2.05, 4.69) is 0 Å². The summed E-state index contributed by atoms with van der Waals surface area (Å²) >= 11 is 0. The summed E-state index contributed by atoms with van der Waals surface area (Å²) in [6.07, 6.45) is -0.728. The zero-order chi connectivity index (χ0) is 11.5. The number of rotatable bonds is 4. The highest BCUT2D eigenvalue weighted by atomic mass is 19.3. The van der Waals surface area contributed by atoms with Gasteiger partial charge >= 0.3 is 0 Å². The molecule has 5 heteroatoms. The number of hydrogen-bond donors (Lipinski definition) is 2. The Hall–Kier alpha value is -1.36. The van der Waals surface area contributed by atoms with Gasteiger partial charge in [-0.25, -0.2) is 8.78 Å². The molecule has 1 aromatic carbocycles. The van der Waals surface area contributed by atoms with Crippen LogP contribution in [0.4, 0.5) is 8.78 Å². The van der Waals surface area contributed by atoms with Crippen LogP contribution in [0.5, 0.6) is 11.5 Å². The number of halogens is 2. The van der Waals surface area contributed by atoms with E-state index in [1.807, 2.05) is 0 Å². The van der Waals surface area contributed by atoms with Crippen molar-refractivity contribution in [3.8, 4) is 11.5 Å². The normalized spacial score (nSPS) is 11.5. The van der Waals surface area contributed by atoms with Crippen molar-refractivity contribution in [2.24, 2.45) is 0 Å². The zero-order valence-corrected chi connectivity index (χ0v) is 8.20. The first-order chi connectivity index (χ1) is 7.03. The fourth-order valence-electron chi connectivity index (χ4n) is 1.26. The Morgan fingerprint density at radius 3 is 2.60 bits per heavy atom. The predicted octanol–water partition coefficient (Wildman–Crippen LogP) is 1.88. The number of methoxy groups -OCH3 is 1. The largest absolute Gasteiger partial charge is 0.504 e. The lowest BCUT2D eigenvalue weighted by atomic mass is 10.0. The number of phenolic OH excluding ortho intramolecular Hbond substituents is 1. The summed E-state index contributed by atoms with van der Waals surface area (Å²) in [6.45, 7) is -0.649. The van der Waals surface area contributed by atoms with Crippen molar-refractivity contribution in [3.05, 3.63) is 23.8 Å². The molecule has 1 aromatic rings. The average Bonchev–Trinajstić information content (AvgIpc) is 2.17. The molecule has 0 bridgehead atoms. The van der Waals surface area contributed by atoms with E-state index in [1.165, 1.54) is 19.2 Å². The van der Waals surface area contributed by atoms with Gasteiger partial charge in [-0.15, -0.1) is 0 Å². The molecule has 84 valence electrons. The Kier molecular flexibility index (Phi) is 3.47. The molecule has 0 aromatic heterocycles. The van der Waals surface area contributed by atoms with Crippen LogP contribution in [0.3, 0.4) is 0 Å². The van der Waals surface area contributed by atoms with Gasteiger partial charge in [0.1, 0.15) is 0 Å². The van der Waals surface area contributed by atoms with Gasteiger partial charge in [0.05, 0.1) is 12.7 Å². The molecule has 0 fully saturated rings. The zero-order valence-electron chi connectivity index (χ0n) is 8.20. The highest BCUT2D eigenvalue weighted by molar-refractivity contribution is 5.47. The quantitative estimate of drug-likeness (QED) is 0.811. The van der Waals surface area contributed by atoms with Crippen molar-refractivity contribution in [2.75, 3.05) is 13.7 Å². The summed E-state index contributed by atoms with van der Waals surface area (Å²) in [7, 11) is 1.28. The van der Waals surface area contributed by atoms with Gasteiger partial charge in [0.25, 0.3) is 5.92 Å². The van der Waals surface area contributed by atoms with Gasteiger partial charge in [-0.05, 0) is 12.1 Å². The molecule has 1 rings (SSSR count). The molecule has 0 aliphatic rings. The molecule has 0 unspecified atom stereocenters. The van der Waals surface area contributed by atoms with Crippen LogP contribution in [0, 0.1) is 0 Å². The number of alkyl halides is 2. The van der Waals surface area contributed by atoms with E-state index in [0.29, 0.717) is 0 Å². The molecule has 2 N–H and O–H groups in total. The lowest BCUT2D eigenvalue weighted by Gasteiger charge is -2.17. The lowest BCUT2D eigenvalue weighted by molar-refractivity contribution is -0.0289. The number of phenols is 1. The van der Waals surface area contributed by atoms with Crippen LogP contribution >= 0.6 is 0 Å². The van der Waals surface area contributed by atoms with Crippen LogP contribution in [0.2, 0.25) is 0 Å². The van der Waals surface area contributed by atoms with Crippen LogP contribution < -0.4 is 4.74 Å². The monoisotopic (exact) mass is 218 g/mol. The number of aromatic hydroxyl groups is 1. The number of aliphatic hydroxyl groups excluding tert-OH is 1. The summed E-state index contributed by atoms with van der Waals surface area (Å²) < 4.78 is 31.4. The fraction of sp³-hybridized carbons (Fsp3) is 0.400. The van der Waals surface area contributed by atoms with Crippen molar-refractivity contribution >= 4 is 0 Å². The summed E-state index contributed by atoms with van der Waals surface area (Å²) in [5.41, 5.74) is -0.532. The molecule has 0 saturated heterocycles. The van der Waals surface area contributed by atoms with Gasteiger partial charge in [0.2, 0.25) is 0 Å². The van der Waals surface area contributed by atoms with E-state index in [9.17, 15) is 13.9 Å². The molecule has 0 aliphatic carbocycles. The maximum atomic E-state index is 13.4. The standard InChI is InChI=1S/C10H12F2O3/c1-15-8-4-2-3-7(9(8)14)10(11,12)5-6-13/h2-4,13-14H,5-6H2,1H3. The maximum Gasteiger partial charge on any atom is 0.279 e. The summed E-state index contributed by atoms with van der Waals surface area (Å²) in [5, 5.41) is 18.0. The van der Waals surface area contributed by atoms with E-state index in [4.69, 9.17) is 9.84 Å². The third-order valence-electron chi connectivity index (χ3n) is 2.04. The second kappa shape index (κ2) is 4.44. The average molecular weight is 218 g/mol. The molecule has 0 heterocycles. The highest BCUT2D eigenvalue weighted by Gasteiger charge is 2.34. The van der Waals surface area contributed by atoms with Crippen LogP contribution in [-0.4, -0.2) is 23.9 Å². The van der Waals surface area contributed by atoms with E-state index in [1.54, 1.807) is 0 Å². The van der Waals surface area contributed by atoms with Gasteiger partial charge in [0, 0.05) is 13.0 Å². The van der Waals surface area contributed by atoms with Crippen molar-refractivity contribution in [2.45, 2.75) is 12.3 Å². The van der Waals surface area contributed by atoms with E-state index in [0.717, 1.165) is 6.07 Å². The van der Waals surface area contributed by atoms with Gasteiger partial charge < -0.3 is 14.9 Å². The molecule has 0 radical (unpaired) electrons.